The second-order valence-corrected chi connectivity index (χ2v) is 6.92. The van der Waals surface area contributed by atoms with Gasteiger partial charge >= 0.3 is 5.97 Å². The number of carbonyl (C=O) groups is 2. The molecule has 1 heterocycles. The minimum Gasteiger partial charge on any atom is -0.480 e. The molecule has 1 N–H and O–H groups in total. The number of thioether (sulfide) groups is 1. The second-order valence-electron chi connectivity index (χ2n) is 5.90. The highest BCUT2D eigenvalue weighted by molar-refractivity contribution is 8.00. The van der Waals surface area contributed by atoms with E-state index in [0.717, 1.165) is 10.5 Å². The summed E-state index contributed by atoms with van der Waals surface area (Å²) >= 11 is 1.27. The molecular formula is C18H16N2O5S. The Morgan fingerprint density at radius 2 is 2.00 bits per heavy atom. The van der Waals surface area contributed by atoms with Gasteiger partial charge in [0.1, 0.15) is 6.04 Å². The minimum absolute atomic E-state index is 0.0344. The normalized spacial score (nSPS) is 15.1. The van der Waals surface area contributed by atoms with Crippen LogP contribution in [0.3, 0.4) is 0 Å². The Hall–Kier alpha value is -2.87. The van der Waals surface area contributed by atoms with Gasteiger partial charge in [-0.25, -0.2) is 4.79 Å². The van der Waals surface area contributed by atoms with Crippen LogP contribution in [-0.4, -0.2) is 38.6 Å². The fourth-order valence-corrected chi connectivity index (χ4v) is 3.81. The van der Waals surface area contributed by atoms with Crippen molar-refractivity contribution in [2.24, 2.45) is 0 Å². The van der Waals surface area contributed by atoms with Crippen LogP contribution in [0, 0.1) is 10.1 Å². The molecule has 0 radical (unpaired) electrons. The first-order chi connectivity index (χ1) is 12.5. The highest BCUT2D eigenvalue weighted by Crippen LogP contribution is 2.32. The second kappa shape index (κ2) is 7.57. The summed E-state index contributed by atoms with van der Waals surface area (Å²) in [5, 5.41) is 20.7. The van der Waals surface area contributed by atoms with E-state index in [1.807, 2.05) is 30.3 Å². The molecule has 3 rings (SSSR count). The maximum Gasteiger partial charge on any atom is 0.326 e. The van der Waals surface area contributed by atoms with Crippen molar-refractivity contribution < 1.29 is 19.6 Å². The lowest BCUT2D eigenvalue weighted by Crippen LogP contribution is -2.46. The third-order valence-corrected chi connectivity index (χ3v) is 5.30. The van der Waals surface area contributed by atoms with Crippen molar-refractivity contribution in [2.45, 2.75) is 23.9 Å². The number of amides is 1. The van der Waals surface area contributed by atoms with E-state index in [1.165, 1.54) is 28.8 Å². The molecule has 0 fully saturated rings. The molecular weight excluding hydrogens is 356 g/mol. The Balaban J connectivity index is 1.93. The molecule has 1 amide bonds. The Kier molecular flexibility index (Phi) is 5.22. The molecule has 1 aliphatic rings. The van der Waals surface area contributed by atoms with Crippen LogP contribution in [0.1, 0.15) is 11.1 Å². The molecule has 2 aromatic rings. The lowest BCUT2D eigenvalue weighted by Gasteiger charge is -2.28. The molecule has 0 aromatic heterocycles. The molecule has 0 aliphatic carbocycles. The molecule has 1 unspecified atom stereocenters. The average Bonchev–Trinajstić information content (AvgIpc) is 2.79. The summed E-state index contributed by atoms with van der Waals surface area (Å²) < 4.78 is 0. The molecule has 26 heavy (non-hydrogen) atoms. The summed E-state index contributed by atoms with van der Waals surface area (Å²) in [6, 6.07) is 12.5. The van der Waals surface area contributed by atoms with Crippen LogP contribution in [0.4, 0.5) is 5.69 Å². The van der Waals surface area contributed by atoms with Gasteiger partial charge in [-0.3, -0.25) is 14.9 Å². The summed E-state index contributed by atoms with van der Waals surface area (Å²) in [5.41, 5.74) is 1.33. The molecule has 8 heteroatoms. The Morgan fingerprint density at radius 3 is 2.65 bits per heavy atom. The monoisotopic (exact) mass is 372 g/mol. The standard InChI is InChI=1S/C18H16N2O5S/c21-17-11-26-16-7-6-14(20(24)25)9-13(16)10-19(17)15(18(22)23)8-12-4-2-1-3-5-12/h1-7,9,15H,8,10-11H2,(H,22,23). The van der Waals surface area contributed by atoms with Crippen molar-refractivity contribution in [3.05, 3.63) is 69.8 Å². The van der Waals surface area contributed by atoms with Crippen LogP contribution in [0.15, 0.2) is 53.4 Å². The van der Waals surface area contributed by atoms with E-state index in [4.69, 9.17) is 0 Å². The SMILES string of the molecule is O=C(O)C(Cc1ccccc1)N1Cc2cc([N+](=O)[O-])ccc2SCC1=O. The summed E-state index contributed by atoms with van der Waals surface area (Å²) in [6.45, 7) is 0.0344. The van der Waals surface area contributed by atoms with Crippen molar-refractivity contribution in [1.29, 1.82) is 0 Å². The van der Waals surface area contributed by atoms with Gasteiger partial charge in [-0.15, -0.1) is 11.8 Å². The van der Waals surface area contributed by atoms with Gasteiger partial charge in [0.2, 0.25) is 5.91 Å². The fourth-order valence-electron chi connectivity index (χ4n) is 2.89. The van der Waals surface area contributed by atoms with E-state index >= 15 is 0 Å². The molecule has 7 nitrogen and oxygen atoms in total. The van der Waals surface area contributed by atoms with E-state index < -0.39 is 16.9 Å². The van der Waals surface area contributed by atoms with Crippen LogP contribution in [0.5, 0.6) is 0 Å². The van der Waals surface area contributed by atoms with Gasteiger partial charge in [0.25, 0.3) is 5.69 Å². The van der Waals surface area contributed by atoms with E-state index in [9.17, 15) is 24.8 Å². The minimum atomic E-state index is -1.10. The summed E-state index contributed by atoms with van der Waals surface area (Å²) in [4.78, 5) is 37.0. The molecule has 2 aromatic carbocycles. The molecule has 0 saturated carbocycles. The number of carboxylic acids is 1. The number of hydrogen-bond acceptors (Lipinski definition) is 5. The van der Waals surface area contributed by atoms with Crippen molar-refractivity contribution in [3.63, 3.8) is 0 Å². The van der Waals surface area contributed by atoms with Gasteiger partial charge in [-0.1, -0.05) is 30.3 Å². The number of aliphatic carboxylic acids is 1. The van der Waals surface area contributed by atoms with Crippen molar-refractivity contribution >= 4 is 29.3 Å². The number of carboxylic acid groups (broad SMARTS) is 1. The number of non-ortho nitro benzene ring substituents is 1. The number of rotatable bonds is 5. The van der Waals surface area contributed by atoms with Gasteiger partial charge < -0.3 is 10.0 Å². The van der Waals surface area contributed by atoms with Gasteiger partial charge in [0.15, 0.2) is 0 Å². The topological polar surface area (TPSA) is 101 Å². The number of carbonyl (C=O) groups excluding carboxylic acids is 1. The van der Waals surface area contributed by atoms with E-state index in [-0.39, 0.29) is 30.3 Å². The van der Waals surface area contributed by atoms with E-state index in [0.29, 0.717) is 5.56 Å². The number of hydrogen-bond donors (Lipinski definition) is 1. The highest BCUT2D eigenvalue weighted by Gasteiger charge is 2.32. The zero-order valence-electron chi connectivity index (χ0n) is 13.7. The van der Waals surface area contributed by atoms with Gasteiger partial charge in [0.05, 0.1) is 10.7 Å². The number of fused-ring (bicyclic) bond motifs is 1. The predicted octanol–water partition coefficient (Wildman–Crippen LogP) is 2.73. The molecule has 0 bridgehead atoms. The smallest absolute Gasteiger partial charge is 0.326 e. The van der Waals surface area contributed by atoms with Gasteiger partial charge in [0, 0.05) is 30.0 Å². The van der Waals surface area contributed by atoms with Crippen LogP contribution < -0.4 is 0 Å². The van der Waals surface area contributed by atoms with Crippen molar-refractivity contribution in [1.82, 2.24) is 4.90 Å². The van der Waals surface area contributed by atoms with E-state index in [1.54, 1.807) is 6.07 Å². The van der Waals surface area contributed by atoms with Crippen molar-refractivity contribution in [2.75, 3.05) is 5.75 Å². The zero-order chi connectivity index (χ0) is 18.7. The van der Waals surface area contributed by atoms with Gasteiger partial charge in [-0.2, -0.15) is 0 Å². The largest absolute Gasteiger partial charge is 0.480 e. The third-order valence-electron chi connectivity index (χ3n) is 4.20. The quantitative estimate of drug-likeness (QED) is 0.640. The van der Waals surface area contributed by atoms with Crippen LogP contribution in [0.25, 0.3) is 0 Å². The maximum atomic E-state index is 12.5. The van der Waals surface area contributed by atoms with E-state index in [2.05, 4.69) is 0 Å². The number of nitro benzene ring substituents is 1. The Labute approximate surface area is 153 Å². The van der Waals surface area contributed by atoms with Crippen molar-refractivity contribution in [3.8, 4) is 0 Å². The van der Waals surface area contributed by atoms with Gasteiger partial charge in [-0.05, 0) is 17.2 Å². The number of benzene rings is 2. The first-order valence-electron chi connectivity index (χ1n) is 7.92. The number of nitrogens with zero attached hydrogens (tertiary/aromatic N) is 2. The first-order valence-corrected chi connectivity index (χ1v) is 8.90. The predicted molar refractivity (Wildman–Crippen MR) is 95.9 cm³/mol. The fraction of sp³-hybridized carbons (Fsp3) is 0.222. The zero-order valence-corrected chi connectivity index (χ0v) is 14.5. The molecule has 0 spiro atoms. The summed E-state index contributed by atoms with van der Waals surface area (Å²) in [7, 11) is 0. The Morgan fingerprint density at radius 1 is 1.27 bits per heavy atom. The van der Waals surface area contributed by atoms with Crippen LogP contribution in [0.2, 0.25) is 0 Å². The van der Waals surface area contributed by atoms with Crippen LogP contribution in [-0.2, 0) is 22.6 Å². The Bertz CT molecular complexity index is 856. The van der Waals surface area contributed by atoms with Crippen LogP contribution >= 0.6 is 11.8 Å². The summed E-state index contributed by atoms with van der Waals surface area (Å²) in [5.74, 6) is -1.29. The lowest BCUT2D eigenvalue weighted by atomic mass is 10.0. The first kappa shape index (κ1) is 17.9. The summed E-state index contributed by atoms with van der Waals surface area (Å²) in [6.07, 6.45) is 0.177. The third kappa shape index (κ3) is 3.85. The lowest BCUT2D eigenvalue weighted by molar-refractivity contribution is -0.385. The molecule has 134 valence electrons. The highest BCUT2D eigenvalue weighted by atomic mass is 32.2. The molecule has 0 saturated heterocycles. The molecule has 1 atom stereocenters. The number of nitro groups is 1. The maximum absolute atomic E-state index is 12.5. The molecule has 1 aliphatic heterocycles. The average molecular weight is 372 g/mol.